The van der Waals surface area contributed by atoms with E-state index in [9.17, 15) is 4.79 Å². The Morgan fingerprint density at radius 2 is 2.00 bits per heavy atom. The van der Waals surface area contributed by atoms with Gasteiger partial charge in [0.2, 0.25) is 0 Å². The Kier molecular flexibility index (Phi) is 10.0. The first-order chi connectivity index (χ1) is 14.5. The normalized spacial score (nSPS) is 15.4. The molecule has 30 heavy (non-hydrogen) atoms. The number of hydrogen-bond donors (Lipinski definition) is 1. The molecule has 1 unspecified atom stereocenters. The van der Waals surface area contributed by atoms with E-state index >= 15 is 0 Å². The number of hydrogen-bond acceptors (Lipinski definition) is 5. The summed E-state index contributed by atoms with van der Waals surface area (Å²) < 4.78 is 4.73. The van der Waals surface area contributed by atoms with E-state index in [0.29, 0.717) is 5.02 Å². The largest absolute Gasteiger partial charge is 0.466 e. The van der Waals surface area contributed by atoms with E-state index < -0.39 is 5.97 Å². The number of carbonyl (C=O) groups excluding carboxylic acids is 1. The average Bonchev–Trinajstić information content (AvgIpc) is 2.76. The van der Waals surface area contributed by atoms with E-state index in [1.165, 1.54) is 19.6 Å². The van der Waals surface area contributed by atoms with Crippen LogP contribution in [0.1, 0.15) is 48.7 Å². The zero-order valence-corrected chi connectivity index (χ0v) is 19.1. The topological polar surface area (TPSA) is 54.5 Å². The summed E-state index contributed by atoms with van der Waals surface area (Å²) in [4.78, 5) is 18.7. The predicted molar refractivity (Wildman–Crippen MR) is 124 cm³/mol. The number of methoxy groups -OCH3 is 1. The Labute approximate surface area is 185 Å². The van der Waals surface area contributed by atoms with Crippen molar-refractivity contribution >= 4 is 23.6 Å². The van der Waals surface area contributed by atoms with Gasteiger partial charge in [0.15, 0.2) is 0 Å². The molecule has 0 saturated carbocycles. The fourth-order valence-corrected chi connectivity index (χ4v) is 3.59. The van der Waals surface area contributed by atoms with Crippen LogP contribution in [0.5, 0.6) is 0 Å². The standard InChI is InChI=1S/C21H24ClN3O2.C3H8/c1-15-4-3-9-24-20(15)21(25-12-10-23-11-13-25)18-7-6-17(22)14-16(18)5-8-19(26)27-2;1-3-2/h3-9,14,21,23H,10-13H2,1-2H3;3H2,1-2H3/b8-5+;. The number of ether oxygens (including phenoxy) is 1. The Morgan fingerprint density at radius 1 is 1.30 bits per heavy atom. The molecule has 1 aromatic heterocycles. The van der Waals surface area contributed by atoms with Crippen LogP contribution in [-0.4, -0.2) is 49.1 Å². The van der Waals surface area contributed by atoms with E-state index in [2.05, 4.69) is 37.1 Å². The highest BCUT2D eigenvalue weighted by Gasteiger charge is 2.27. The maximum Gasteiger partial charge on any atom is 0.330 e. The van der Waals surface area contributed by atoms with Crippen LogP contribution in [-0.2, 0) is 9.53 Å². The van der Waals surface area contributed by atoms with Crippen LogP contribution < -0.4 is 5.32 Å². The quantitative estimate of drug-likeness (QED) is 0.554. The van der Waals surface area contributed by atoms with Crippen molar-refractivity contribution in [3.63, 3.8) is 0 Å². The molecule has 162 valence electrons. The van der Waals surface area contributed by atoms with Crippen molar-refractivity contribution in [2.75, 3.05) is 33.3 Å². The van der Waals surface area contributed by atoms with Gasteiger partial charge in [-0.05, 0) is 47.9 Å². The monoisotopic (exact) mass is 429 g/mol. The van der Waals surface area contributed by atoms with Crippen LogP contribution >= 0.6 is 11.6 Å². The average molecular weight is 430 g/mol. The first kappa shape index (κ1) is 24.1. The molecule has 1 fully saturated rings. The summed E-state index contributed by atoms with van der Waals surface area (Å²) in [6.07, 6.45) is 6.27. The lowest BCUT2D eigenvalue weighted by Crippen LogP contribution is -2.45. The van der Waals surface area contributed by atoms with Gasteiger partial charge in [0.05, 0.1) is 18.8 Å². The Morgan fingerprint density at radius 3 is 2.63 bits per heavy atom. The minimum absolute atomic E-state index is 0.0112. The molecule has 1 atom stereocenters. The molecule has 0 aliphatic carbocycles. The van der Waals surface area contributed by atoms with Gasteiger partial charge in [0.25, 0.3) is 0 Å². The van der Waals surface area contributed by atoms with E-state index in [0.717, 1.165) is 48.6 Å². The molecule has 1 aromatic carbocycles. The number of esters is 1. The number of aryl methyl sites for hydroxylation is 1. The molecule has 1 N–H and O–H groups in total. The lowest BCUT2D eigenvalue weighted by atomic mass is 9.93. The zero-order chi connectivity index (χ0) is 21.9. The first-order valence-electron chi connectivity index (χ1n) is 10.4. The smallest absolute Gasteiger partial charge is 0.330 e. The summed E-state index contributed by atoms with van der Waals surface area (Å²) in [5, 5.41) is 4.03. The molecule has 1 saturated heterocycles. The summed E-state index contributed by atoms with van der Waals surface area (Å²) in [6.45, 7) is 10.0. The van der Waals surface area contributed by atoms with E-state index in [1.807, 2.05) is 30.5 Å². The Balaban J connectivity index is 0.00000101. The van der Waals surface area contributed by atoms with E-state index in [4.69, 9.17) is 21.3 Å². The molecule has 3 rings (SSSR count). The van der Waals surface area contributed by atoms with Crippen LogP contribution in [0, 0.1) is 6.92 Å². The van der Waals surface area contributed by atoms with Gasteiger partial charge in [0, 0.05) is 43.5 Å². The first-order valence-corrected chi connectivity index (χ1v) is 10.8. The maximum atomic E-state index is 11.6. The Bertz CT molecular complexity index is 848. The van der Waals surface area contributed by atoms with E-state index in [1.54, 1.807) is 6.08 Å². The summed E-state index contributed by atoms with van der Waals surface area (Å²) in [5.74, 6) is -0.395. The van der Waals surface area contributed by atoms with Crippen LogP contribution in [0.2, 0.25) is 5.02 Å². The number of rotatable bonds is 5. The second-order valence-electron chi connectivity index (χ2n) is 7.23. The number of pyridine rings is 1. The molecular weight excluding hydrogens is 398 g/mol. The van der Waals surface area contributed by atoms with Crippen molar-refractivity contribution < 1.29 is 9.53 Å². The van der Waals surface area contributed by atoms with Crippen LogP contribution in [0.3, 0.4) is 0 Å². The van der Waals surface area contributed by atoms with Crippen LogP contribution in [0.25, 0.3) is 6.08 Å². The van der Waals surface area contributed by atoms with Crippen LogP contribution in [0.4, 0.5) is 0 Å². The molecule has 0 amide bonds. The summed E-state index contributed by atoms with van der Waals surface area (Å²) in [7, 11) is 1.37. The molecule has 0 radical (unpaired) electrons. The molecule has 2 heterocycles. The van der Waals surface area contributed by atoms with E-state index in [-0.39, 0.29) is 6.04 Å². The fourth-order valence-electron chi connectivity index (χ4n) is 3.41. The Hall–Kier alpha value is -2.21. The second-order valence-corrected chi connectivity index (χ2v) is 7.67. The van der Waals surface area contributed by atoms with Gasteiger partial charge in [-0.3, -0.25) is 9.88 Å². The van der Waals surface area contributed by atoms with Gasteiger partial charge >= 0.3 is 5.97 Å². The summed E-state index contributed by atoms with van der Waals surface area (Å²) in [6, 6.07) is 9.82. The SMILES string of the molecule is CCC.COC(=O)/C=C/c1cc(Cl)ccc1C(c1ncccc1C)N1CCNCC1. The van der Waals surface area contributed by atoms with Crippen molar-refractivity contribution in [1.82, 2.24) is 15.2 Å². The third-order valence-electron chi connectivity index (χ3n) is 4.77. The summed E-state index contributed by atoms with van der Waals surface area (Å²) in [5.41, 5.74) is 4.12. The van der Waals surface area contributed by atoms with Crippen molar-refractivity contribution in [1.29, 1.82) is 0 Å². The minimum atomic E-state index is -0.395. The molecular formula is C24H32ClN3O2. The molecule has 2 aromatic rings. The highest BCUT2D eigenvalue weighted by atomic mass is 35.5. The van der Waals surface area contributed by atoms with Gasteiger partial charge in [-0.2, -0.15) is 0 Å². The van der Waals surface area contributed by atoms with Crippen molar-refractivity contribution in [2.45, 2.75) is 33.2 Å². The molecule has 0 bridgehead atoms. The van der Waals surface area contributed by atoms with Gasteiger partial charge in [-0.15, -0.1) is 0 Å². The van der Waals surface area contributed by atoms with Crippen LogP contribution in [0.15, 0.2) is 42.6 Å². The molecule has 1 aliphatic heterocycles. The lowest BCUT2D eigenvalue weighted by molar-refractivity contribution is -0.134. The van der Waals surface area contributed by atoms with Gasteiger partial charge < -0.3 is 10.1 Å². The number of piperazine rings is 1. The van der Waals surface area contributed by atoms with Crippen molar-refractivity contribution in [3.8, 4) is 0 Å². The lowest BCUT2D eigenvalue weighted by Gasteiger charge is -2.36. The van der Waals surface area contributed by atoms with Crippen molar-refractivity contribution in [3.05, 3.63) is 70.0 Å². The van der Waals surface area contributed by atoms with Gasteiger partial charge in [0.1, 0.15) is 0 Å². The van der Waals surface area contributed by atoms with Gasteiger partial charge in [-0.1, -0.05) is 44.0 Å². The number of aromatic nitrogens is 1. The third-order valence-corrected chi connectivity index (χ3v) is 5.00. The third kappa shape index (κ3) is 6.66. The number of benzene rings is 1. The number of halogens is 1. The predicted octanol–water partition coefficient (Wildman–Crippen LogP) is 4.64. The maximum absolute atomic E-state index is 11.6. The molecule has 0 spiro atoms. The minimum Gasteiger partial charge on any atom is -0.466 e. The number of nitrogens with one attached hydrogen (secondary N) is 1. The molecule has 5 nitrogen and oxygen atoms in total. The molecule has 1 aliphatic rings. The highest BCUT2D eigenvalue weighted by Crippen LogP contribution is 2.33. The highest BCUT2D eigenvalue weighted by molar-refractivity contribution is 6.30. The van der Waals surface area contributed by atoms with Crippen molar-refractivity contribution in [2.24, 2.45) is 0 Å². The number of carbonyl (C=O) groups is 1. The fraction of sp³-hybridized carbons (Fsp3) is 0.417. The molecule has 6 heteroatoms. The summed E-state index contributed by atoms with van der Waals surface area (Å²) >= 11 is 6.24. The number of nitrogens with zero attached hydrogens (tertiary/aromatic N) is 2. The second kappa shape index (κ2) is 12.5. The van der Waals surface area contributed by atoms with Gasteiger partial charge in [-0.25, -0.2) is 4.79 Å². The zero-order valence-electron chi connectivity index (χ0n) is 18.3.